The first-order chi connectivity index (χ1) is 9.04. The third-order valence-corrected chi connectivity index (χ3v) is 5.70. The smallest absolute Gasteiger partial charge is 0.150 e. The Kier molecular flexibility index (Phi) is 4.62. The lowest BCUT2D eigenvalue weighted by molar-refractivity contribution is 0.352. The molecular weight excluding hydrogens is 262 g/mol. The van der Waals surface area contributed by atoms with Crippen LogP contribution in [0, 0.1) is 11.8 Å². The SMILES string of the molecule is CCn1cc(CC(CNC)C2CCS(=O)(=O)C2)cn1. The molecule has 0 amide bonds. The summed E-state index contributed by atoms with van der Waals surface area (Å²) in [5.41, 5.74) is 1.20. The van der Waals surface area contributed by atoms with Gasteiger partial charge in [-0.3, -0.25) is 4.68 Å². The van der Waals surface area contributed by atoms with Gasteiger partial charge in [0, 0.05) is 12.7 Å². The highest BCUT2D eigenvalue weighted by atomic mass is 32.2. The molecule has 0 aliphatic carbocycles. The molecule has 2 heterocycles. The molecule has 0 aromatic carbocycles. The van der Waals surface area contributed by atoms with Gasteiger partial charge in [-0.05, 0) is 50.8 Å². The van der Waals surface area contributed by atoms with Gasteiger partial charge in [0.05, 0.1) is 17.7 Å². The number of aryl methyl sites for hydroxylation is 1. The Morgan fingerprint density at radius 1 is 1.58 bits per heavy atom. The van der Waals surface area contributed by atoms with Crippen LogP contribution in [0.2, 0.25) is 0 Å². The summed E-state index contributed by atoms with van der Waals surface area (Å²) in [4.78, 5) is 0. The Hall–Kier alpha value is -0.880. The van der Waals surface area contributed by atoms with Crippen LogP contribution < -0.4 is 5.32 Å². The van der Waals surface area contributed by atoms with Gasteiger partial charge in [0.1, 0.15) is 0 Å². The summed E-state index contributed by atoms with van der Waals surface area (Å²) in [5, 5.41) is 7.47. The zero-order valence-electron chi connectivity index (χ0n) is 11.7. The quantitative estimate of drug-likeness (QED) is 0.836. The van der Waals surface area contributed by atoms with Crippen molar-refractivity contribution in [2.24, 2.45) is 11.8 Å². The number of rotatable bonds is 6. The molecule has 2 rings (SSSR count). The molecule has 6 heteroatoms. The normalized spacial score (nSPS) is 23.6. The van der Waals surface area contributed by atoms with E-state index in [1.807, 2.05) is 17.9 Å². The molecule has 1 aliphatic heterocycles. The first-order valence-corrected chi connectivity index (χ1v) is 8.72. The molecule has 1 aromatic rings. The highest BCUT2D eigenvalue weighted by molar-refractivity contribution is 7.91. The molecule has 108 valence electrons. The van der Waals surface area contributed by atoms with E-state index in [0.29, 0.717) is 17.4 Å². The fourth-order valence-corrected chi connectivity index (χ4v) is 4.77. The molecule has 0 radical (unpaired) electrons. The number of hydrogen-bond donors (Lipinski definition) is 1. The average molecular weight is 285 g/mol. The van der Waals surface area contributed by atoms with Crippen LogP contribution in [-0.2, 0) is 22.8 Å². The lowest BCUT2D eigenvalue weighted by atomic mass is 9.87. The van der Waals surface area contributed by atoms with Crippen LogP contribution in [0.5, 0.6) is 0 Å². The van der Waals surface area contributed by atoms with E-state index in [1.165, 1.54) is 5.56 Å². The maximum atomic E-state index is 11.6. The fraction of sp³-hybridized carbons (Fsp3) is 0.769. The van der Waals surface area contributed by atoms with Crippen molar-refractivity contribution in [3.05, 3.63) is 18.0 Å². The first-order valence-electron chi connectivity index (χ1n) is 6.90. The van der Waals surface area contributed by atoms with Crippen LogP contribution in [0.4, 0.5) is 0 Å². The van der Waals surface area contributed by atoms with Gasteiger partial charge >= 0.3 is 0 Å². The van der Waals surface area contributed by atoms with Gasteiger partial charge in [-0.15, -0.1) is 0 Å². The van der Waals surface area contributed by atoms with Crippen LogP contribution >= 0.6 is 0 Å². The van der Waals surface area contributed by atoms with Crippen molar-refractivity contribution in [1.82, 2.24) is 15.1 Å². The Balaban J connectivity index is 2.03. The second-order valence-corrected chi connectivity index (χ2v) is 7.62. The van der Waals surface area contributed by atoms with E-state index in [-0.39, 0.29) is 5.92 Å². The maximum absolute atomic E-state index is 11.6. The van der Waals surface area contributed by atoms with E-state index in [4.69, 9.17) is 0 Å². The largest absolute Gasteiger partial charge is 0.319 e. The molecule has 0 bridgehead atoms. The Bertz CT molecular complexity index is 510. The van der Waals surface area contributed by atoms with E-state index in [0.717, 1.165) is 25.9 Å². The summed E-state index contributed by atoms with van der Waals surface area (Å²) < 4.78 is 25.1. The second-order valence-electron chi connectivity index (χ2n) is 5.39. The van der Waals surface area contributed by atoms with Crippen LogP contribution in [0.25, 0.3) is 0 Å². The number of sulfone groups is 1. The lowest BCUT2D eigenvalue weighted by Gasteiger charge is -2.21. The molecule has 19 heavy (non-hydrogen) atoms. The van der Waals surface area contributed by atoms with Crippen molar-refractivity contribution in [3.63, 3.8) is 0 Å². The predicted octanol–water partition coefficient (Wildman–Crippen LogP) is 0.716. The summed E-state index contributed by atoms with van der Waals surface area (Å²) in [6.45, 7) is 3.79. The minimum Gasteiger partial charge on any atom is -0.319 e. The van der Waals surface area contributed by atoms with E-state index in [2.05, 4.69) is 23.5 Å². The Morgan fingerprint density at radius 2 is 2.37 bits per heavy atom. The van der Waals surface area contributed by atoms with Crippen molar-refractivity contribution in [1.29, 1.82) is 0 Å². The Morgan fingerprint density at radius 3 is 2.89 bits per heavy atom. The van der Waals surface area contributed by atoms with E-state index in [9.17, 15) is 8.42 Å². The summed E-state index contributed by atoms with van der Waals surface area (Å²) in [5.74, 6) is 1.35. The van der Waals surface area contributed by atoms with Gasteiger partial charge < -0.3 is 5.32 Å². The molecule has 1 fully saturated rings. The molecule has 1 saturated heterocycles. The molecule has 1 N–H and O–H groups in total. The summed E-state index contributed by atoms with van der Waals surface area (Å²) in [6.07, 6.45) is 5.67. The van der Waals surface area contributed by atoms with Gasteiger partial charge in [-0.2, -0.15) is 5.10 Å². The monoisotopic (exact) mass is 285 g/mol. The summed E-state index contributed by atoms with van der Waals surface area (Å²) in [6, 6.07) is 0. The highest BCUT2D eigenvalue weighted by Crippen LogP contribution is 2.28. The van der Waals surface area contributed by atoms with Crippen LogP contribution in [-0.4, -0.2) is 43.3 Å². The Labute approximate surface area is 115 Å². The zero-order valence-corrected chi connectivity index (χ0v) is 12.5. The van der Waals surface area contributed by atoms with Crippen LogP contribution in [0.3, 0.4) is 0 Å². The molecule has 1 aliphatic rings. The van der Waals surface area contributed by atoms with Gasteiger partial charge in [-0.25, -0.2) is 8.42 Å². The number of nitrogens with zero attached hydrogens (tertiary/aromatic N) is 2. The highest BCUT2D eigenvalue weighted by Gasteiger charge is 2.33. The van der Waals surface area contributed by atoms with Gasteiger partial charge in [0.15, 0.2) is 9.84 Å². The fourth-order valence-electron chi connectivity index (χ4n) is 2.85. The minimum absolute atomic E-state index is 0.280. The summed E-state index contributed by atoms with van der Waals surface area (Å²) >= 11 is 0. The van der Waals surface area contributed by atoms with Crippen LogP contribution in [0.15, 0.2) is 12.4 Å². The average Bonchev–Trinajstić information content (AvgIpc) is 2.95. The second kappa shape index (κ2) is 6.05. The molecule has 0 saturated carbocycles. The third-order valence-electron chi connectivity index (χ3n) is 3.91. The van der Waals surface area contributed by atoms with Crippen molar-refractivity contribution in [3.8, 4) is 0 Å². The van der Waals surface area contributed by atoms with E-state index < -0.39 is 9.84 Å². The molecular formula is C13H23N3O2S. The van der Waals surface area contributed by atoms with E-state index >= 15 is 0 Å². The number of nitrogens with one attached hydrogen (secondary N) is 1. The van der Waals surface area contributed by atoms with Crippen molar-refractivity contribution < 1.29 is 8.42 Å². The van der Waals surface area contributed by atoms with Crippen LogP contribution in [0.1, 0.15) is 18.9 Å². The third kappa shape index (κ3) is 3.79. The molecule has 5 nitrogen and oxygen atoms in total. The topological polar surface area (TPSA) is 64.0 Å². The summed E-state index contributed by atoms with van der Waals surface area (Å²) in [7, 11) is -0.877. The molecule has 1 aromatic heterocycles. The van der Waals surface area contributed by atoms with E-state index in [1.54, 1.807) is 0 Å². The molecule has 0 spiro atoms. The molecule has 2 unspecified atom stereocenters. The van der Waals surface area contributed by atoms with Gasteiger partial charge in [-0.1, -0.05) is 0 Å². The lowest BCUT2D eigenvalue weighted by Crippen LogP contribution is -2.28. The van der Waals surface area contributed by atoms with Gasteiger partial charge in [0.25, 0.3) is 0 Å². The van der Waals surface area contributed by atoms with Crippen molar-refractivity contribution in [2.75, 3.05) is 25.1 Å². The number of aromatic nitrogens is 2. The maximum Gasteiger partial charge on any atom is 0.150 e. The van der Waals surface area contributed by atoms with Gasteiger partial charge in [0.2, 0.25) is 0 Å². The molecule has 2 atom stereocenters. The van der Waals surface area contributed by atoms with Crippen molar-refractivity contribution >= 4 is 9.84 Å². The number of hydrogen-bond acceptors (Lipinski definition) is 4. The standard InChI is InChI=1S/C13H23N3O2S/c1-3-16-9-11(7-15-16)6-13(8-14-2)12-4-5-19(17,18)10-12/h7,9,12-14H,3-6,8,10H2,1-2H3. The zero-order chi connectivity index (χ0) is 13.9. The predicted molar refractivity (Wildman–Crippen MR) is 75.8 cm³/mol. The van der Waals surface area contributed by atoms with Crippen molar-refractivity contribution in [2.45, 2.75) is 26.3 Å². The minimum atomic E-state index is -2.80. The first kappa shape index (κ1) is 14.5.